The van der Waals surface area contributed by atoms with Crippen LogP contribution in [0.1, 0.15) is 25.3 Å². The number of rotatable bonds is 5. The van der Waals surface area contributed by atoms with Crippen LogP contribution in [0.5, 0.6) is 0 Å². The molecule has 6 nitrogen and oxygen atoms in total. The summed E-state index contributed by atoms with van der Waals surface area (Å²) in [6.07, 6.45) is 3.20. The Balaban J connectivity index is 1.58. The molecular formula is C18H20FN3O3. The van der Waals surface area contributed by atoms with Crippen molar-refractivity contribution in [2.45, 2.75) is 32.2 Å². The molecule has 2 aromatic rings. The molecular weight excluding hydrogens is 325 g/mol. The van der Waals surface area contributed by atoms with Crippen molar-refractivity contribution in [1.82, 2.24) is 15.4 Å². The van der Waals surface area contributed by atoms with Gasteiger partial charge in [0.15, 0.2) is 5.76 Å². The number of aryl methyl sites for hydroxylation is 1. The molecule has 1 N–H and O–H groups in total. The summed E-state index contributed by atoms with van der Waals surface area (Å²) in [6, 6.07) is 6.00. The number of nitrogens with one attached hydrogen (secondary N) is 1. The Morgan fingerprint density at radius 1 is 1.36 bits per heavy atom. The maximum Gasteiger partial charge on any atom is 0.222 e. The Morgan fingerprint density at radius 3 is 2.84 bits per heavy atom. The van der Waals surface area contributed by atoms with Gasteiger partial charge in [-0.2, -0.15) is 0 Å². The molecule has 1 aromatic heterocycles. The third-order valence-electron chi connectivity index (χ3n) is 4.31. The summed E-state index contributed by atoms with van der Waals surface area (Å²) in [6.45, 7) is 2.68. The van der Waals surface area contributed by atoms with E-state index in [1.807, 2.05) is 0 Å². The zero-order chi connectivity index (χ0) is 17.8. The highest BCUT2D eigenvalue weighted by atomic mass is 19.1. The van der Waals surface area contributed by atoms with Gasteiger partial charge in [0, 0.05) is 43.6 Å². The van der Waals surface area contributed by atoms with E-state index in [2.05, 4.69) is 10.5 Å². The second kappa shape index (κ2) is 7.46. The third-order valence-corrected chi connectivity index (χ3v) is 4.31. The van der Waals surface area contributed by atoms with Gasteiger partial charge in [0.1, 0.15) is 5.82 Å². The van der Waals surface area contributed by atoms with E-state index < -0.39 is 0 Å². The molecule has 2 heterocycles. The van der Waals surface area contributed by atoms with Crippen molar-refractivity contribution in [3.8, 4) is 11.3 Å². The maximum absolute atomic E-state index is 13.0. The molecule has 1 aliphatic heterocycles. The minimum atomic E-state index is -0.317. The monoisotopic (exact) mass is 345 g/mol. The van der Waals surface area contributed by atoms with Gasteiger partial charge in [-0.15, -0.1) is 0 Å². The van der Waals surface area contributed by atoms with E-state index in [1.54, 1.807) is 23.2 Å². The standard InChI is InChI=1S/C18H20FN3O3/c1-12(23)21-16-8-9-22(11-16)17(24)7-4-14-10-20-25-18(14)13-2-5-15(19)6-3-13/h2-3,5-6,10,16H,4,7-9,11H2,1H3,(H,21,23). The van der Waals surface area contributed by atoms with Gasteiger partial charge in [-0.1, -0.05) is 5.16 Å². The molecule has 1 atom stereocenters. The van der Waals surface area contributed by atoms with Crippen molar-refractivity contribution in [3.05, 3.63) is 41.8 Å². The van der Waals surface area contributed by atoms with Crippen LogP contribution in [0.2, 0.25) is 0 Å². The summed E-state index contributed by atoms with van der Waals surface area (Å²) in [5.41, 5.74) is 1.55. The van der Waals surface area contributed by atoms with Crippen molar-refractivity contribution in [1.29, 1.82) is 0 Å². The van der Waals surface area contributed by atoms with Crippen molar-refractivity contribution in [3.63, 3.8) is 0 Å². The number of halogens is 1. The van der Waals surface area contributed by atoms with Crippen LogP contribution in [-0.2, 0) is 16.0 Å². The fraction of sp³-hybridized carbons (Fsp3) is 0.389. The maximum atomic E-state index is 13.0. The second-order valence-corrected chi connectivity index (χ2v) is 6.21. The summed E-state index contributed by atoms with van der Waals surface area (Å²) in [4.78, 5) is 25.2. The van der Waals surface area contributed by atoms with Crippen LogP contribution in [0.4, 0.5) is 4.39 Å². The number of carbonyl (C=O) groups excluding carboxylic acids is 2. The lowest BCUT2D eigenvalue weighted by atomic mass is 10.1. The molecule has 1 aliphatic rings. The number of nitrogens with zero attached hydrogens (tertiary/aromatic N) is 2. The van der Waals surface area contributed by atoms with Crippen molar-refractivity contribution < 1.29 is 18.5 Å². The number of aromatic nitrogens is 1. The van der Waals surface area contributed by atoms with Gasteiger partial charge in [0.25, 0.3) is 0 Å². The smallest absolute Gasteiger partial charge is 0.222 e. The van der Waals surface area contributed by atoms with Crippen LogP contribution < -0.4 is 5.32 Å². The highest BCUT2D eigenvalue weighted by Crippen LogP contribution is 2.25. The molecule has 0 saturated carbocycles. The highest BCUT2D eigenvalue weighted by Gasteiger charge is 2.26. The Hall–Kier alpha value is -2.70. The number of benzene rings is 1. The van der Waals surface area contributed by atoms with Crippen molar-refractivity contribution in [2.75, 3.05) is 13.1 Å². The number of amides is 2. The van der Waals surface area contributed by atoms with Gasteiger partial charge in [-0.3, -0.25) is 9.59 Å². The lowest BCUT2D eigenvalue weighted by Crippen LogP contribution is -2.37. The van der Waals surface area contributed by atoms with Gasteiger partial charge in [-0.05, 0) is 37.1 Å². The van der Waals surface area contributed by atoms with Gasteiger partial charge in [-0.25, -0.2) is 4.39 Å². The first-order valence-corrected chi connectivity index (χ1v) is 8.27. The Labute approximate surface area is 145 Å². The fourth-order valence-corrected chi connectivity index (χ4v) is 3.07. The van der Waals surface area contributed by atoms with Crippen LogP contribution in [0.25, 0.3) is 11.3 Å². The largest absolute Gasteiger partial charge is 0.356 e. The van der Waals surface area contributed by atoms with Gasteiger partial charge in [0.2, 0.25) is 11.8 Å². The normalized spacial score (nSPS) is 16.9. The molecule has 132 valence electrons. The number of hydrogen-bond acceptors (Lipinski definition) is 4. The Kier molecular flexibility index (Phi) is 5.11. The lowest BCUT2D eigenvalue weighted by Gasteiger charge is -2.16. The highest BCUT2D eigenvalue weighted by molar-refractivity contribution is 5.78. The van der Waals surface area contributed by atoms with Crippen LogP contribution in [0, 0.1) is 5.82 Å². The molecule has 1 fully saturated rings. The first-order valence-electron chi connectivity index (χ1n) is 8.27. The molecule has 1 saturated heterocycles. The molecule has 0 aliphatic carbocycles. The summed E-state index contributed by atoms with van der Waals surface area (Å²) in [7, 11) is 0. The van der Waals surface area contributed by atoms with E-state index in [4.69, 9.17) is 4.52 Å². The first kappa shape index (κ1) is 17.1. The van der Waals surface area contributed by atoms with Crippen LogP contribution in [-0.4, -0.2) is 41.0 Å². The predicted molar refractivity (Wildman–Crippen MR) is 89.0 cm³/mol. The van der Waals surface area contributed by atoms with Gasteiger partial charge < -0.3 is 14.7 Å². The summed E-state index contributed by atoms with van der Waals surface area (Å²) >= 11 is 0. The number of carbonyl (C=O) groups is 2. The molecule has 1 aromatic carbocycles. The molecule has 1 unspecified atom stereocenters. The van der Waals surface area contributed by atoms with Crippen LogP contribution in [0.15, 0.2) is 35.0 Å². The van der Waals surface area contributed by atoms with Crippen molar-refractivity contribution >= 4 is 11.8 Å². The van der Waals surface area contributed by atoms with E-state index in [0.717, 1.165) is 17.5 Å². The zero-order valence-corrected chi connectivity index (χ0v) is 14.0. The van der Waals surface area contributed by atoms with Crippen LogP contribution in [0.3, 0.4) is 0 Å². The number of likely N-dealkylation sites (tertiary alicyclic amines) is 1. The SMILES string of the molecule is CC(=O)NC1CCN(C(=O)CCc2cnoc2-c2ccc(F)cc2)C1. The Bertz CT molecular complexity index is 757. The minimum Gasteiger partial charge on any atom is -0.356 e. The lowest BCUT2D eigenvalue weighted by molar-refractivity contribution is -0.130. The van der Waals surface area contributed by atoms with E-state index in [0.29, 0.717) is 31.7 Å². The summed E-state index contributed by atoms with van der Waals surface area (Å²) in [5, 5.41) is 6.64. The number of hydrogen-bond donors (Lipinski definition) is 1. The molecule has 2 amide bonds. The van der Waals surface area contributed by atoms with E-state index in [9.17, 15) is 14.0 Å². The predicted octanol–water partition coefficient (Wildman–Crippen LogP) is 2.15. The molecule has 3 rings (SSSR count). The molecule has 7 heteroatoms. The molecule has 0 bridgehead atoms. The minimum absolute atomic E-state index is 0.0341. The van der Waals surface area contributed by atoms with E-state index in [-0.39, 0.29) is 23.7 Å². The average molecular weight is 345 g/mol. The van der Waals surface area contributed by atoms with E-state index in [1.165, 1.54) is 19.1 Å². The zero-order valence-electron chi connectivity index (χ0n) is 14.0. The molecule has 0 spiro atoms. The topological polar surface area (TPSA) is 75.4 Å². The molecule has 0 radical (unpaired) electrons. The Morgan fingerprint density at radius 2 is 2.12 bits per heavy atom. The third kappa shape index (κ3) is 4.23. The summed E-state index contributed by atoms with van der Waals surface area (Å²) < 4.78 is 18.3. The van der Waals surface area contributed by atoms with Crippen LogP contribution >= 0.6 is 0 Å². The summed E-state index contributed by atoms with van der Waals surface area (Å²) in [5.74, 6) is 0.208. The molecule has 25 heavy (non-hydrogen) atoms. The van der Waals surface area contributed by atoms with E-state index >= 15 is 0 Å². The first-order chi connectivity index (χ1) is 12.0. The fourth-order valence-electron chi connectivity index (χ4n) is 3.07. The average Bonchev–Trinajstić information content (AvgIpc) is 3.22. The van der Waals surface area contributed by atoms with Gasteiger partial charge >= 0.3 is 0 Å². The van der Waals surface area contributed by atoms with Gasteiger partial charge in [0.05, 0.1) is 6.20 Å². The quantitative estimate of drug-likeness (QED) is 0.901. The van der Waals surface area contributed by atoms with Crippen molar-refractivity contribution in [2.24, 2.45) is 0 Å². The second-order valence-electron chi connectivity index (χ2n) is 6.21.